The zero-order valence-corrected chi connectivity index (χ0v) is 10.8. The van der Waals surface area contributed by atoms with Crippen molar-refractivity contribution in [3.63, 3.8) is 0 Å². The first-order valence-corrected chi connectivity index (χ1v) is 6.65. The Balaban J connectivity index is 1.77. The number of benzene rings is 1. The van der Waals surface area contributed by atoms with Gasteiger partial charge >= 0.3 is 0 Å². The van der Waals surface area contributed by atoms with Gasteiger partial charge in [-0.15, -0.1) is 5.10 Å². The average molecular weight is 258 g/mol. The first-order chi connectivity index (χ1) is 9.22. The maximum atomic E-state index is 5.81. The average Bonchev–Trinajstić information content (AvgIpc) is 3.04. The lowest BCUT2D eigenvalue weighted by Crippen LogP contribution is -2.04. The number of anilines is 2. The van der Waals surface area contributed by atoms with Gasteiger partial charge in [0.2, 0.25) is 0 Å². The molecule has 3 rings (SSSR count). The zero-order valence-electron chi connectivity index (χ0n) is 10.8. The summed E-state index contributed by atoms with van der Waals surface area (Å²) in [6.07, 6.45) is 5.14. The van der Waals surface area contributed by atoms with Crippen molar-refractivity contribution < 1.29 is 0 Å². The predicted octanol–water partition coefficient (Wildman–Crippen LogP) is 1.69. The fourth-order valence-electron chi connectivity index (χ4n) is 2.30. The molecular formula is C13H18N6. The molecule has 1 heterocycles. The van der Waals surface area contributed by atoms with E-state index >= 15 is 0 Å². The van der Waals surface area contributed by atoms with Gasteiger partial charge in [0.25, 0.3) is 0 Å². The van der Waals surface area contributed by atoms with E-state index in [1.807, 2.05) is 16.8 Å². The van der Waals surface area contributed by atoms with Gasteiger partial charge in [-0.25, -0.2) is 4.68 Å². The molecule has 1 aliphatic rings. The summed E-state index contributed by atoms with van der Waals surface area (Å²) < 4.78 is 1.83. The second-order valence-electron chi connectivity index (χ2n) is 5.20. The van der Waals surface area contributed by atoms with E-state index in [1.54, 1.807) is 6.07 Å². The molecule has 0 atom stereocenters. The quantitative estimate of drug-likeness (QED) is 0.796. The topological polar surface area (TPSA) is 95.6 Å². The molecule has 1 aromatic heterocycles. The van der Waals surface area contributed by atoms with Crippen LogP contribution in [0.1, 0.15) is 25.7 Å². The van der Waals surface area contributed by atoms with Gasteiger partial charge in [0, 0.05) is 23.5 Å². The van der Waals surface area contributed by atoms with Crippen LogP contribution in [0.4, 0.5) is 11.4 Å². The molecule has 0 amide bonds. The van der Waals surface area contributed by atoms with Gasteiger partial charge in [-0.3, -0.25) is 0 Å². The monoisotopic (exact) mass is 258 g/mol. The summed E-state index contributed by atoms with van der Waals surface area (Å²) in [7, 11) is 0. The van der Waals surface area contributed by atoms with E-state index in [9.17, 15) is 0 Å². The molecular weight excluding hydrogens is 240 g/mol. The molecule has 1 aromatic carbocycles. The Hall–Kier alpha value is -2.11. The number of aryl methyl sites for hydroxylation is 1. The molecule has 2 aromatic rings. The number of rotatable bonds is 5. The van der Waals surface area contributed by atoms with Crippen molar-refractivity contribution in [2.75, 3.05) is 11.5 Å². The maximum Gasteiger partial charge on any atom is 0.182 e. The molecule has 4 N–H and O–H groups in total. The third-order valence-electron chi connectivity index (χ3n) is 3.45. The highest BCUT2D eigenvalue weighted by Crippen LogP contribution is 2.33. The molecule has 0 spiro atoms. The minimum absolute atomic E-state index is 0.627. The van der Waals surface area contributed by atoms with Gasteiger partial charge in [0.05, 0.1) is 0 Å². The number of hydrogen-bond acceptors (Lipinski definition) is 5. The van der Waals surface area contributed by atoms with Crippen LogP contribution in [0, 0.1) is 5.92 Å². The summed E-state index contributed by atoms with van der Waals surface area (Å²) in [5, 5.41) is 11.9. The Bertz CT molecular complexity index is 552. The van der Waals surface area contributed by atoms with Crippen molar-refractivity contribution in [3.8, 4) is 11.4 Å². The van der Waals surface area contributed by atoms with Gasteiger partial charge in [0.1, 0.15) is 0 Å². The lowest BCUT2D eigenvalue weighted by molar-refractivity contribution is 0.527. The van der Waals surface area contributed by atoms with Crippen LogP contribution in [0.25, 0.3) is 11.4 Å². The number of hydrogen-bond donors (Lipinski definition) is 2. The molecule has 0 aliphatic heterocycles. The summed E-state index contributed by atoms with van der Waals surface area (Å²) in [5.74, 6) is 1.66. The van der Waals surface area contributed by atoms with Crippen LogP contribution in [0.2, 0.25) is 0 Å². The van der Waals surface area contributed by atoms with Gasteiger partial charge in [0.15, 0.2) is 5.82 Å². The summed E-state index contributed by atoms with van der Waals surface area (Å²) in [5.41, 5.74) is 13.7. The number of tetrazole rings is 1. The van der Waals surface area contributed by atoms with Crippen LogP contribution in [-0.4, -0.2) is 20.2 Å². The van der Waals surface area contributed by atoms with Crippen LogP contribution in [-0.2, 0) is 6.54 Å². The molecule has 1 fully saturated rings. The smallest absolute Gasteiger partial charge is 0.182 e. The van der Waals surface area contributed by atoms with Crippen molar-refractivity contribution in [2.24, 2.45) is 5.92 Å². The van der Waals surface area contributed by atoms with E-state index in [4.69, 9.17) is 11.5 Å². The predicted molar refractivity (Wildman–Crippen MR) is 74.0 cm³/mol. The zero-order chi connectivity index (χ0) is 13.2. The minimum atomic E-state index is 0.627. The first kappa shape index (κ1) is 12.0. The summed E-state index contributed by atoms with van der Waals surface area (Å²) in [6.45, 7) is 0.841. The molecule has 100 valence electrons. The van der Waals surface area contributed by atoms with Crippen molar-refractivity contribution >= 4 is 11.4 Å². The van der Waals surface area contributed by atoms with E-state index < -0.39 is 0 Å². The fraction of sp³-hybridized carbons (Fsp3) is 0.462. The highest BCUT2D eigenvalue weighted by Gasteiger charge is 2.20. The molecule has 0 radical (unpaired) electrons. The summed E-state index contributed by atoms with van der Waals surface area (Å²) in [6, 6.07) is 5.42. The van der Waals surface area contributed by atoms with Gasteiger partial charge in [-0.2, -0.15) is 0 Å². The summed E-state index contributed by atoms with van der Waals surface area (Å²) in [4.78, 5) is 0. The van der Waals surface area contributed by atoms with Crippen LogP contribution in [0.3, 0.4) is 0 Å². The highest BCUT2D eigenvalue weighted by atomic mass is 15.5. The van der Waals surface area contributed by atoms with E-state index in [0.29, 0.717) is 11.4 Å². The molecule has 0 unspecified atom stereocenters. The van der Waals surface area contributed by atoms with Crippen molar-refractivity contribution in [1.29, 1.82) is 0 Å². The Morgan fingerprint density at radius 1 is 1.16 bits per heavy atom. The van der Waals surface area contributed by atoms with Gasteiger partial charge in [-0.05, 0) is 47.4 Å². The molecule has 6 heteroatoms. The Morgan fingerprint density at radius 3 is 2.58 bits per heavy atom. The second-order valence-corrected chi connectivity index (χ2v) is 5.20. The lowest BCUT2D eigenvalue weighted by atomic mass is 10.1. The Kier molecular flexibility index (Phi) is 3.06. The molecule has 0 bridgehead atoms. The molecule has 0 saturated heterocycles. The van der Waals surface area contributed by atoms with Crippen molar-refractivity contribution in [3.05, 3.63) is 18.2 Å². The standard InChI is InChI=1S/C13H18N6/c14-11-6-10(7-12(15)8-11)13-16-17-18-19(13)5-1-2-9-3-4-9/h6-9H,1-5,14-15H2. The van der Waals surface area contributed by atoms with Crippen LogP contribution >= 0.6 is 0 Å². The van der Waals surface area contributed by atoms with E-state index in [1.165, 1.54) is 19.3 Å². The van der Waals surface area contributed by atoms with Gasteiger partial charge in [-0.1, -0.05) is 12.8 Å². The number of aromatic nitrogens is 4. The maximum absolute atomic E-state index is 5.81. The highest BCUT2D eigenvalue weighted by molar-refractivity contribution is 5.67. The first-order valence-electron chi connectivity index (χ1n) is 6.65. The Morgan fingerprint density at radius 2 is 1.89 bits per heavy atom. The van der Waals surface area contributed by atoms with Crippen molar-refractivity contribution in [2.45, 2.75) is 32.2 Å². The Labute approximate surface area is 111 Å². The van der Waals surface area contributed by atoms with Crippen LogP contribution in [0.15, 0.2) is 18.2 Å². The SMILES string of the molecule is Nc1cc(N)cc(-c2nnnn2CCCC2CC2)c1. The van der Waals surface area contributed by atoms with E-state index in [0.717, 1.165) is 30.3 Å². The molecule has 6 nitrogen and oxygen atoms in total. The second kappa shape index (κ2) is 4.87. The fourth-order valence-corrected chi connectivity index (χ4v) is 2.30. The van der Waals surface area contributed by atoms with Gasteiger partial charge < -0.3 is 11.5 Å². The lowest BCUT2D eigenvalue weighted by Gasteiger charge is -2.06. The molecule has 1 aliphatic carbocycles. The van der Waals surface area contributed by atoms with E-state index in [2.05, 4.69) is 15.5 Å². The third kappa shape index (κ3) is 2.83. The van der Waals surface area contributed by atoms with Crippen LogP contribution < -0.4 is 11.5 Å². The number of nitrogens with two attached hydrogens (primary N) is 2. The minimum Gasteiger partial charge on any atom is -0.399 e. The molecule has 19 heavy (non-hydrogen) atoms. The largest absolute Gasteiger partial charge is 0.399 e. The van der Waals surface area contributed by atoms with Crippen LogP contribution in [0.5, 0.6) is 0 Å². The normalized spacial score (nSPS) is 14.7. The third-order valence-corrected chi connectivity index (χ3v) is 3.45. The number of nitrogens with zero attached hydrogens (tertiary/aromatic N) is 4. The summed E-state index contributed by atoms with van der Waals surface area (Å²) >= 11 is 0. The molecule has 1 saturated carbocycles. The number of nitrogen functional groups attached to an aromatic ring is 2. The van der Waals surface area contributed by atoms with Crippen molar-refractivity contribution in [1.82, 2.24) is 20.2 Å². The van der Waals surface area contributed by atoms with E-state index in [-0.39, 0.29) is 0 Å².